The quantitative estimate of drug-likeness (QED) is 0.582. The summed E-state index contributed by atoms with van der Waals surface area (Å²) in [5.74, 6) is 0. The highest BCUT2D eigenvalue weighted by molar-refractivity contribution is 4.84. The van der Waals surface area contributed by atoms with Gasteiger partial charge >= 0.3 is 0 Å². The second-order valence-electron chi connectivity index (χ2n) is 3.60. The summed E-state index contributed by atoms with van der Waals surface area (Å²) in [6.07, 6.45) is 0. The summed E-state index contributed by atoms with van der Waals surface area (Å²) in [5, 5.41) is 18.2. The summed E-state index contributed by atoms with van der Waals surface area (Å²) in [4.78, 5) is 0. The minimum absolute atomic E-state index is 0.0104. The van der Waals surface area contributed by atoms with Gasteiger partial charge in [-0.1, -0.05) is 13.8 Å². The molecule has 0 radical (unpaired) electrons. The number of hydrogen-bond donors (Lipinski definition) is 2. The van der Waals surface area contributed by atoms with Gasteiger partial charge in [0.2, 0.25) is 0 Å². The van der Waals surface area contributed by atoms with Gasteiger partial charge in [-0.2, -0.15) is 0 Å². The van der Waals surface area contributed by atoms with Gasteiger partial charge in [0.1, 0.15) is 0 Å². The van der Waals surface area contributed by atoms with Crippen LogP contribution in [0.2, 0.25) is 0 Å². The van der Waals surface area contributed by atoms with E-state index in [1.807, 2.05) is 13.8 Å². The fourth-order valence-electron chi connectivity index (χ4n) is 0.193. The molecule has 0 rings (SSSR count). The Morgan fingerprint density at radius 1 is 1.11 bits per heavy atom. The van der Waals surface area contributed by atoms with E-state index in [1.54, 1.807) is 13.8 Å². The second kappa shape index (κ2) is 2.27. The monoisotopic (exact) mass is 132 g/mol. The smallest absolute Gasteiger partial charge is 0.0664 e. The van der Waals surface area contributed by atoms with Crippen molar-refractivity contribution in [2.45, 2.75) is 33.3 Å². The van der Waals surface area contributed by atoms with Crippen molar-refractivity contribution in [2.75, 3.05) is 6.61 Å². The number of aliphatic hydroxyl groups excluding tert-OH is 1. The first-order valence-corrected chi connectivity index (χ1v) is 3.14. The molecule has 0 spiro atoms. The van der Waals surface area contributed by atoms with Gasteiger partial charge in [-0.15, -0.1) is 0 Å². The summed E-state index contributed by atoms with van der Waals surface area (Å²) in [7, 11) is 0. The predicted octanol–water partition coefficient (Wildman–Crippen LogP) is 0.776. The molecule has 0 bridgehead atoms. The summed E-state index contributed by atoms with van der Waals surface area (Å²) in [5.41, 5.74) is -1.21. The molecular formula is C7H16O2. The zero-order chi connectivity index (χ0) is 7.71. The van der Waals surface area contributed by atoms with Crippen molar-refractivity contribution in [1.82, 2.24) is 0 Å². The molecule has 56 valence electrons. The van der Waals surface area contributed by atoms with Gasteiger partial charge in [0.25, 0.3) is 0 Å². The summed E-state index contributed by atoms with van der Waals surface area (Å²) in [6.45, 7) is 7.06. The molecule has 9 heavy (non-hydrogen) atoms. The fourth-order valence-corrected chi connectivity index (χ4v) is 0.193. The largest absolute Gasteiger partial charge is 0.396 e. The van der Waals surface area contributed by atoms with E-state index in [4.69, 9.17) is 5.11 Å². The van der Waals surface area contributed by atoms with E-state index in [2.05, 4.69) is 0 Å². The molecule has 0 aromatic rings. The van der Waals surface area contributed by atoms with Crippen LogP contribution < -0.4 is 0 Å². The standard InChI is InChI=1S/C7H16O2/c1-6(2,5-8)7(3,4)9/h8-9H,5H2,1-4H3. The van der Waals surface area contributed by atoms with E-state index in [9.17, 15) is 5.11 Å². The Hall–Kier alpha value is -0.0800. The maximum absolute atomic E-state index is 9.39. The SMILES string of the molecule is CC(C)(O)C(C)(C)CO. The molecule has 0 atom stereocenters. The Kier molecular flexibility index (Phi) is 2.25. The van der Waals surface area contributed by atoms with Gasteiger partial charge in [0, 0.05) is 5.41 Å². The minimum atomic E-state index is -0.804. The molecule has 2 nitrogen and oxygen atoms in total. The van der Waals surface area contributed by atoms with E-state index >= 15 is 0 Å². The van der Waals surface area contributed by atoms with E-state index < -0.39 is 11.0 Å². The molecule has 0 aromatic heterocycles. The van der Waals surface area contributed by atoms with Gasteiger partial charge in [-0.3, -0.25) is 0 Å². The predicted molar refractivity (Wildman–Crippen MR) is 37.2 cm³/mol. The average Bonchev–Trinajstić information content (AvgIpc) is 1.64. The maximum atomic E-state index is 9.39. The van der Waals surface area contributed by atoms with E-state index in [0.29, 0.717) is 0 Å². The lowest BCUT2D eigenvalue weighted by Crippen LogP contribution is -2.41. The highest BCUT2D eigenvalue weighted by Gasteiger charge is 2.33. The van der Waals surface area contributed by atoms with Crippen LogP contribution in [0.25, 0.3) is 0 Å². The lowest BCUT2D eigenvalue weighted by atomic mass is 9.78. The molecule has 0 aliphatic rings. The Morgan fingerprint density at radius 3 is 1.44 bits per heavy atom. The average molecular weight is 132 g/mol. The van der Waals surface area contributed by atoms with E-state index in [1.165, 1.54) is 0 Å². The molecule has 0 aliphatic carbocycles. The van der Waals surface area contributed by atoms with Crippen molar-refractivity contribution in [2.24, 2.45) is 5.41 Å². The van der Waals surface area contributed by atoms with Gasteiger partial charge in [-0.05, 0) is 13.8 Å². The van der Waals surface area contributed by atoms with Crippen molar-refractivity contribution >= 4 is 0 Å². The van der Waals surface area contributed by atoms with Gasteiger partial charge in [0.15, 0.2) is 0 Å². The summed E-state index contributed by atoms with van der Waals surface area (Å²) < 4.78 is 0. The van der Waals surface area contributed by atoms with Gasteiger partial charge in [0.05, 0.1) is 12.2 Å². The van der Waals surface area contributed by atoms with Crippen LogP contribution in [0.3, 0.4) is 0 Å². The lowest BCUT2D eigenvalue weighted by Gasteiger charge is -2.35. The van der Waals surface area contributed by atoms with Crippen molar-refractivity contribution < 1.29 is 10.2 Å². The molecule has 0 saturated heterocycles. The first kappa shape index (κ1) is 8.92. The Morgan fingerprint density at radius 2 is 1.44 bits per heavy atom. The van der Waals surface area contributed by atoms with Crippen molar-refractivity contribution in [3.8, 4) is 0 Å². The highest BCUT2D eigenvalue weighted by Crippen LogP contribution is 2.28. The highest BCUT2D eigenvalue weighted by atomic mass is 16.3. The van der Waals surface area contributed by atoms with Crippen LogP contribution in [0.5, 0.6) is 0 Å². The first-order chi connectivity index (χ1) is 3.81. The Balaban J connectivity index is 4.14. The van der Waals surface area contributed by atoms with Crippen molar-refractivity contribution in [3.63, 3.8) is 0 Å². The molecule has 0 amide bonds. The van der Waals surface area contributed by atoms with Crippen LogP contribution >= 0.6 is 0 Å². The molecule has 0 heterocycles. The molecule has 0 saturated carbocycles. The molecule has 0 aromatic carbocycles. The van der Waals surface area contributed by atoms with Crippen LogP contribution in [0.4, 0.5) is 0 Å². The third kappa shape index (κ3) is 1.95. The Bertz CT molecular complexity index is 89.6. The molecule has 2 heteroatoms. The maximum Gasteiger partial charge on any atom is 0.0664 e. The normalized spacial score (nSPS) is 14.0. The van der Waals surface area contributed by atoms with E-state index in [-0.39, 0.29) is 6.61 Å². The molecule has 0 aliphatic heterocycles. The van der Waals surface area contributed by atoms with Crippen LogP contribution in [0, 0.1) is 5.41 Å². The summed E-state index contributed by atoms with van der Waals surface area (Å²) >= 11 is 0. The molecule has 0 unspecified atom stereocenters. The van der Waals surface area contributed by atoms with Crippen LogP contribution in [-0.2, 0) is 0 Å². The first-order valence-electron chi connectivity index (χ1n) is 3.14. The van der Waals surface area contributed by atoms with Crippen LogP contribution in [0.1, 0.15) is 27.7 Å². The lowest BCUT2D eigenvalue weighted by molar-refractivity contribution is -0.0623. The number of hydrogen-bond acceptors (Lipinski definition) is 2. The third-order valence-corrected chi connectivity index (χ3v) is 2.05. The third-order valence-electron chi connectivity index (χ3n) is 2.05. The van der Waals surface area contributed by atoms with Crippen LogP contribution in [0.15, 0.2) is 0 Å². The number of aliphatic hydroxyl groups is 2. The number of rotatable bonds is 2. The Labute approximate surface area is 56.5 Å². The fraction of sp³-hybridized carbons (Fsp3) is 1.00. The van der Waals surface area contributed by atoms with Gasteiger partial charge < -0.3 is 10.2 Å². The van der Waals surface area contributed by atoms with Crippen molar-refractivity contribution in [1.29, 1.82) is 0 Å². The molecule has 0 fully saturated rings. The topological polar surface area (TPSA) is 40.5 Å². The second-order valence-corrected chi connectivity index (χ2v) is 3.60. The zero-order valence-electron chi connectivity index (χ0n) is 6.60. The van der Waals surface area contributed by atoms with Crippen LogP contribution in [-0.4, -0.2) is 22.4 Å². The zero-order valence-corrected chi connectivity index (χ0v) is 6.60. The molecular weight excluding hydrogens is 116 g/mol. The minimum Gasteiger partial charge on any atom is -0.396 e. The van der Waals surface area contributed by atoms with Crippen molar-refractivity contribution in [3.05, 3.63) is 0 Å². The van der Waals surface area contributed by atoms with E-state index in [0.717, 1.165) is 0 Å². The summed E-state index contributed by atoms with van der Waals surface area (Å²) in [6, 6.07) is 0. The molecule has 2 N–H and O–H groups in total. The van der Waals surface area contributed by atoms with Gasteiger partial charge in [-0.25, -0.2) is 0 Å².